The van der Waals surface area contributed by atoms with Crippen molar-refractivity contribution in [1.82, 2.24) is 0 Å². The van der Waals surface area contributed by atoms with Crippen LogP contribution < -0.4 is 16.0 Å². The zero-order chi connectivity index (χ0) is 21.6. The number of halogens is 1. The Morgan fingerprint density at radius 3 is 1.87 bits per heavy atom. The van der Waals surface area contributed by atoms with Crippen LogP contribution in [0.2, 0.25) is 0 Å². The van der Waals surface area contributed by atoms with E-state index in [-0.39, 0.29) is 17.6 Å². The average Bonchev–Trinajstić information content (AvgIpc) is 3.27. The largest absolute Gasteiger partial charge is 0.451 e. The van der Waals surface area contributed by atoms with Crippen LogP contribution >= 0.6 is 0 Å². The van der Waals surface area contributed by atoms with Gasteiger partial charge in [0.25, 0.3) is 5.91 Å². The minimum atomic E-state index is -0.420. The molecule has 0 atom stereocenters. The molecule has 0 spiro atoms. The summed E-state index contributed by atoms with van der Waals surface area (Å²) < 4.78 is 18.6. The SMILES string of the molecule is O=C(Nc1ccccc1)Nc1ccc(NC(=O)c2ccc(-c3ccc(F)cc3)o2)cc1. The van der Waals surface area contributed by atoms with Crippen LogP contribution in [0.1, 0.15) is 10.6 Å². The first-order chi connectivity index (χ1) is 15.1. The van der Waals surface area contributed by atoms with Crippen molar-refractivity contribution in [1.29, 1.82) is 0 Å². The number of urea groups is 1. The summed E-state index contributed by atoms with van der Waals surface area (Å²) in [5.41, 5.74) is 2.47. The summed E-state index contributed by atoms with van der Waals surface area (Å²) in [5.74, 6) is -0.169. The highest BCUT2D eigenvalue weighted by Gasteiger charge is 2.13. The zero-order valence-electron chi connectivity index (χ0n) is 16.3. The van der Waals surface area contributed by atoms with E-state index in [9.17, 15) is 14.0 Å². The van der Waals surface area contributed by atoms with Crippen LogP contribution in [-0.4, -0.2) is 11.9 Å². The molecule has 31 heavy (non-hydrogen) atoms. The lowest BCUT2D eigenvalue weighted by molar-refractivity contribution is 0.0997. The molecule has 3 N–H and O–H groups in total. The van der Waals surface area contributed by atoms with E-state index in [1.54, 1.807) is 60.7 Å². The first kappa shape index (κ1) is 19.9. The standard InChI is InChI=1S/C24H18FN3O3/c25-17-8-6-16(7-9-17)21-14-15-22(31-21)23(29)26-19-10-12-20(13-11-19)28-24(30)27-18-4-2-1-3-5-18/h1-15H,(H,26,29)(H2,27,28,30). The molecule has 0 saturated heterocycles. The maximum atomic E-state index is 13.1. The number of amides is 3. The smallest absolute Gasteiger partial charge is 0.323 e. The first-order valence-electron chi connectivity index (χ1n) is 9.47. The highest BCUT2D eigenvalue weighted by Crippen LogP contribution is 2.23. The number of benzene rings is 3. The molecule has 0 aliphatic carbocycles. The number of hydrogen-bond donors (Lipinski definition) is 3. The Kier molecular flexibility index (Phi) is 5.75. The van der Waals surface area contributed by atoms with Gasteiger partial charge < -0.3 is 20.4 Å². The Hall–Kier alpha value is -4.39. The van der Waals surface area contributed by atoms with Gasteiger partial charge in [-0.15, -0.1) is 0 Å². The molecule has 4 rings (SSSR count). The van der Waals surface area contributed by atoms with E-state index in [1.807, 2.05) is 18.2 Å². The van der Waals surface area contributed by atoms with Crippen molar-refractivity contribution in [3.05, 3.63) is 103 Å². The zero-order valence-corrected chi connectivity index (χ0v) is 16.3. The second kappa shape index (κ2) is 8.96. The van der Waals surface area contributed by atoms with E-state index in [2.05, 4.69) is 16.0 Å². The van der Waals surface area contributed by atoms with Crippen molar-refractivity contribution in [2.75, 3.05) is 16.0 Å². The second-order valence-corrected chi connectivity index (χ2v) is 6.65. The van der Waals surface area contributed by atoms with E-state index in [1.165, 1.54) is 12.1 Å². The summed E-state index contributed by atoms with van der Waals surface area (Å²) in [6, 6.07) is 24.4. The Balaban J connectivity index is 1.35. The molecule has 0 radical (unpaired) electrons. The van der Waals surface area contributed by atoms with E-state index < -0.39 is 5.91 Å². The average molecular weight is 415 g/mol. The van der Waals surface area contributed by atoms with Gasteiger partial charge in [0.2, 0.25) is 0 Å². The van der Waals surface area contributed by atoms with Crippen molar-refractivity contribution >= 4 is 29.0 Å². The van der Waals surface area contributed by atoms with Gasteiger partial charge in [0.1, 0.15) is 11.6 Å². The van der Waals surface area contributed by atoms with Crippen LogP contribution in [0.15, 0.2) is 95.4 Å². The van der Waals surface area contributed by atoms with Gasteiger partial charge >= 0.3 is 6.03 Å². The minimum Gasteiger partial charge on any atom is -0.451 e. The summed E-state index contributed by atoms with van der Waals surface area (Å²) in [5, 5.41) is 8.18. The molecule has 1 aromatic heterocycles. The van der Waals surface area contributed by atoms with Gasteiger partial charge in [0.05, 0.1) is 0 Å². The van der Waals surface area contributed by atoms with Crippen LogP contribution in [0.5, 0.6) is 0 Å². The number of anilines is 3. The molecule has 0 unspecified atom stereocenters. The third-order valence-electron chi connectivity index (χ3n) is 4.39. The summed E-state index contributed by atoms with van der Waals surface area (Å²) in [6.45, 7) is 0. The van der Waals surface area contributed by atoms with E-state index in [4.69, 9.17) is 4.42 Å². The number of carbonyl (C=O) groups excluding carboxylic acids is 2. The molecule has 7 heteroatoms. The fourth-order valence-corrected chi connectivity index (χ4v) is 2.87. The Bertz CT molecular complexity index is 1190. The maximum absolute atomic E-state index is 13.1. The third-order valence-corrected chi connectivity index (χ3v) is 4.39. The molecule has 0 bridgehead atoms. The van der Waals surface area contributed by atoms with Crippen LogP contribution in [0.3, 0.4) is 0 Å². The summed E-state index contributed by atoms with van der Waals surface area (Å²) in [6.07, 6.45) is 0. The molecule has 0 fully saturated rings. The van der Waals surface area contributed by atoms with Crippen molar-refractivity contribution in [2.45, 2.75) is 0 Å². The number of para-hydroxylation sites is 1. The molecule has 0 aliphatic heterocycles. The van der Waals surface area contributed by atoms with Gasteiger partial charge in [-0.25, -0.2) is 9.18 Å². The van der Waals surface area contributed by atoms with E-state index in [0.717, 1.165) is 0 Å². The van der Waals surface area contributed by atoms with E-state index >= 15 is 0 Å². The van der Waals surface area contributed by atoms with Crippen molar-refractivity contribution in [3.8, 4) is 11.3 Å². The number of rotatable bonds is 5. The molecule has 3 amide bonds. The highest BCUT2D eigenvalue weighted by atomic mass is 19.1. The number of furan rings is 1. The van der Waals surface area contributed by atoms with Crippen LogP contribution in [0.25, 0.3) is 11.3 Å². The Morgan fingerprint density at radius 2 is 1.23 bits per heavy atom. The lowest BCUT2D eigenvalue weighted by atomic mass is 10.2. The maximum Gasteiger partial charge on any atom is 0.323 e. The normalized spacial score (nSPS) is 10.4. The summed E-state index contributed by atoms with van der Waals surface area (Å²) in [7, 11) is 0. The lowest BCUT2D eigenvalue weighted by Crippen LogP contribution is -2.19. The van der Waals surface area contributed by atoms with Crippen LogP contribution in [0, 0.1) is 5.82 Å². The quantitative estimate of drug-likeness (QED) is 0.375. The molecule has 154 valence electrons. The molecule has 6 nitrogen and oxygen atoms in total. The number of nitrogens with one attached hydrogen (secondary N) is 3. The van der Waals surface area contributed by atoms with Crippen LogP contribution in [-0.2, 0) is 0 Å². The predicted octanol–water partition coefficient (Wildman–Crippen LogP) is 5.98. The van der Waals surface area contributed by atoms with Crippen LogP contribution in [0.4, 0.5) is 26.2 Å². The molecule has 3 aromatic carbocycles. The molecular weight excluding hydrogens is 397 g/mol. The monoisotopic (exact) mass is 415 g/mol. The topological polar surface area (TPSA) is 83.4 Å². The molecule has 0 aliphatic rings. The third kappa shape index (κ3) is 5.16. The first-order valence-corrected chi connectivity index (χ1v) is 9.47. The van der Waals surface area contributed by atoms with Gasteiger partial charge in [-0.3, -0.25) is 4.79 Å². The van der Waals surface area contributed by atoms with E-state index in [0.29, 0.717) is 28.4 Å². The second-order valence-electron chi connectivity index (χ2n) is 6.65. The van der Waals surface area contributed by atoms with Gasteiger partial charge in [-0.05, 0) is 72.8 Å². The van der Waals surface area contributed by atoms with Crippen molar-refractivity contribution < 1.29 is 18.4 Å². The summed E-state index contributed by atoms with van der Waals surface area (Å²) >= 11 is 0. The Morgan fingerprint density at radius 1 is 0.645 bits per heavy atom. The summed E-state index contributed by atoms with van der Waals surface area (Å²) in [4.78, 5) is 24.5. The van der Waals surface area contributed by atoms with Crippen molar-refractivity contribution in [3.63, 3.8) is 0 Å². The molecule has 4 aromatic rings. The van der Waals surface area contributed by atoms with Gasteiger partial charge in [-0.1, -0.05) is 18.2 Å². The minimum absolute atomic E-state index is 0.128. The highest BCUT2D eigenvalue weighted by molar-refractivity contribution is 6.03. The number of carbonyl (C=O) groups is 2. The molecule has 1 heterocycles. The Labute approximate surface area is 177 Å². The van der Waals surface area contributed by atoms with Gasteiger partial charge in [0.15, 0.2) is 5.76 Å². The lowest BCUT2D eigenvalue weighted by Gasteiger charge is -2.09. The van der Waals surface area contributed by atoms with Gasteiger partial charge in [-0.2, -0.15) is 0 Å². The molecule has 0 saturated carbocycles. The fourth-order valence-electron chi connectivity index (χ4n) is 2.87. The predicted molar refractivity (Wildman–Crippen MR) is 118 cm³/mol. The van der Waals surface area contributed by atoms with Crippen molar-refractivity contribution in [2.24, 2.45) is 0 Å². The van der Waals surface area contributed by atoms with Gasteiger partial charge in [0, 0.05) is 22.6 Å². The molecular formula is C24H18FN3O3. The number of hydrogen-bond acceptors (Lipinski definition) is 3. The fraction of sp³-hybridized carbons (Fsp3) is 0.